The van der Waals surface area contributed by atoms with Crippen LogP contribution in [0.1, 0.15) is 6.42 Å². The molecule has 2 rings (SSSR count). The maximum absolute atomic E-state index is 11.6. The highest BCUT2D eigenvalue weighted by Crippen LogP contribution is 2.03. The summed E-state index contributed by atoms with van der Waals surface area (Å²) >= 11 is 0. The van der Waals surface area contributed by atoms with Gasteiger partial charge in [0.15, 0.2) is 0 Å². The maximum atomic E-state index is 11.6. The molecule has 0 radical (unpaired) electrons. The number of carbonyl (C=O) groups excluding carboxylic acids is 1. The van der Waals surface area contributed by atoms with E-state index in [1.54, 1.807) is 43.0 Å². The molecule has 0 bridgehead atoms. The highest BCUT2D eigenvalue weighted by molar-refractivity contribution is 5.90. The van der Waals surface area contributed by atoms with Gasteiger partial charge in [-0.2, -0.15) is 0 Å². The van der Waals surface area contributed by atoms with Crippen LogP contribution in [-0.2, 0) is 4.79 Å². The summed E-state index contributed by atoms with van der Waals surface area (Å²) < 4.78 is 0. The molecule has 0 saturated heterocycles. The van der Waals surface area contributed by atoms with Crippen molar-refractivity contribution in [1.82, 2.24) is 15.0 Å². The molecular weight excluding hydrogens is 230 g/mol. The van der Waals surface area contributed by atoms with E-state index in [9.17, 15) is 4.79 Å². The van der Waals surface area contributed by atoms with Crippen molar-refractivity contribution in [2.24, 2.45) is 0 Å². The van der Waals surface area contributed by atoms with Gasteiger partial charge >= 0.3 is 0 Å². The summed E-state index contributed by atoms with van der Waals surface area (Å²) in [6.45, 7) is 0.482. The Hall–Kier alpha value is -2.50. The lowest BCUT2D eigenvalue weighted by Gasteiger charge is -2.05. The van der Waals surface area contributed by atoms with Gasteiger partial charge in [-0.05, 0) is 18.2 Å². The molecule has 0 spiro atoms. The summed E-state index contributed by atoms with van der Waals surface area (Å²) in [7, 11) is 0. The fraction of sp³-hybridized carbons (Fsp3) is 0.167. The molecule has 0 saturated carbocycles. The fourth-order valence-corrected chi connectivity index (χ4v) is 1.34. The Bertz CT molecular complexity index is 488. The van der Waals surface area contributed by atoms with E-state index in [1.165, 1.54) is 0 Å². The highest BCUT2D eigenvalue weighted by Gasteiger charge is 2.02. The Balaban J connectivity index is 1.73. The smallest absolute Gasteiger partial charge is 0.226 e. The molecular formula is C12H13N5O. The van der Waals surface area contributed by atoms with Crippen LogP contribution >= 0.6 is 0 Å². The molecule has 0 aliphatic rings. The van der Waals surface area contributed by atoms with E-state index in [-0.39, 0.29) is 5.91 Å². The van der Waals surface area contributed by atoms with Crippen LogP contribution in [0.25, 0.3) is 0 Å². The molecule has 0 fully saturated rings. The van der Waals surface area contributed by atoms with Crippen LogP contribution < -0.4 is 10.6 Å². The SMILES string of the molecule is O=C(CCNc1ncccn1)Nc1cccnc1. The molecule has 18 heavy (non-hydrogen) atoms. The molecule has 2 heterocycles. The average molecular weight is 243 g/mol. The van der Waals surface area contributed by atoms with Gasteiger partial charge in [0.25, 0.3) is 0 Å². The van der Waals surface area contributed by atoms with Crippen molar-refractivity contribution in [3.8, 4) is 0 Å². The number of hydrogen-bond donors (Lipinski definition) is 2. The van der Waals surface area contributed by atoms with E-state index in [2.05, 4.69) is 25.6 Å². The summed E-state index contributed by atoms with van der Waals surface area (Å²) in [6.07, 6.45) is 6.89. The first kappa shape index (κ1) is 12.0. The van der Waals surface area contributed by atoms with Gasteiger partial charge in [-0.3, -0.25) is 9.78 Å². The first-order valence-electron chi connectivity index (χ1n) is 5.55. The lowest BCUT2D eigenvalue weighted by atomic mass is 10.3. The van der Waals surface area contributed by atoms with Crippen LogP contribution in [0.5, 0.6) is 0 Å². The van der Waals surface area contributed by atoms with E-state index < -0.39 is 0 Å². The lowest BCUT2D eigenvalue weighted by molar-refractivity contribution is -0.115. The second-order valence-corrected chi connectivity index (χ2v) is 3.54. The van der Waals surface area contributed by atoms with E-state index in [4.69, 9.17) is 0 Å². The lowest BCUT2D eigenvalue weighted by Crippen LogP contribution is -2.16. The minimum absolute atomic E-state index is 0.0774. The molecule has 0 unspecified atom stereocenters. The number of nitrogens with zero attached hydrogens (tertiary/aromatic N) is 3. The number of rotatable bonds is 5. The van der Waals surface area contributed by atoms with Gasteiger partial charge in [0.2, 0.25) is 11.9 Å². The van der Waals surface area contributed by atoms with Gasteiger partial charge in [0.05, 0.1) is 11.9 Å². The first-order chi connectivity index (χ1) is 8.84. The van der Waals surface area contributed by atoms with Gasteiger partial charge in [-0.25, -0.2) is 9.97 Å². The standard InChI is InChI=1S/C12H13N5O/c18-11(17-10-3-1-5-13-9-10)4-8-16-12-14-6-2-7-15-12/h1-3,5-7,9H,4,8H2,(H,17,18)(H,14,15,16). The highest BCUT2D eigenvalue weighted by atomic mass is 16.1. The largest absolute Gasteiger partial charge is 0.354 e. The average Bonchev–Trinajstić information content (AvgIpc) is 2.41. The zero-order valence-corrected chi connectivity index (χ0v) is 9.71. The summed E-state index contributed by atoms with van der Waals surface area (Å²) in [4.78, 5) is 23.5. The maximum Gasteiger partial charge on any atom is 0.226 e. The van der Waals surface area contributed by atoms with Crippen LogP contribution in [0.15, 0.2) is 43.0 Å². The molecule has 2 aromatic heterocycles. The van der Waals surface area contributed by atoms with Crippen molar-refractivity contribution in [3.05, 3.63) is 43.0 Å². The Morgan fingerprint density at radius 2 is 2.00 bits per heavy atom. The Labute approximate surface area is 105 Å². The van der Waals surface area contributed by atoms with Crippen LogP contribution in [0.2, 0.25) is 0 Å². The molecule has 0 aliphatic heterocycles. The Kier molecular flexibility index (Phi) is 4.18. The number of nitrogens with one attached hydrogen (secondary N) is 2. The molecule has 6 heteroatoms. The predicted octanol–water partition coefficient (Wildman–Crippen LogP) is 1.31. The van der Waals surface area contributed by atoms with E-state index in [0.717, 1.165) is 0 Å². The number of amides is 1. The van der Waals surface area contributed by atoms with Gasteiger partial charge < -0.3 is 10.6 Å². The molecule has 6 nitrogen and oxygen atoms in total. The number of pyridine rings is 1. The first-order valence-corrected chi connectivity index (χ1v) is 5.55. The van der Waals surface area contributed by atoms with Crippen LogP contribution in [-0.4, -0.2) is 27.4 Å². The van der Waals surface area contributed by atoms with E-state index >= 15 is 0 Å². The third-order valence-corrected chi connectivity index (χ3v) is 2.15. The van der Waals surface area contributed by atoms with Crippen molar-refractivity contribution < 1.29 is 4.79 Å². The molecule has 2 aromatic rings. The van der Waals surface area contributed by atoms with Crippen molar-refractivity contribution in [3.63, 3.8) is 0 Å². The van der Waals surface area contributed by atoms with Gasteiger partial charge in [-0.1, -0.05) is 0 Å². The predicted molar refractivity (Wildman–Crippen MR) is 68.0 cm³/mol. The minimum Gasteiger partial charge on any atom is -0.354 e. The minimum atomic E-state index is -0.0774. The van der Waals surface area contributed by atoms with E-state index in [1.807, 2.05) is 0 Å². The van der Waals surface area contributed by atoms with Crippen LogP contribution in [0.4, 0.5) is 11.6 Å². The second kappa shape index (κ2) is 6.29. The zero-order valence-electron chi connectivity index (χ0n) is 9.71. The number of hydrogen-bond acceptors (Lipinski definition) is 5. The zero-order chi connectivity index (χ0) is 12.6. The van der Waals surface area contributed by atoms with Gasteiger partial charge in [0, 0.05) is 31.6 Å². The van der Waals surface area contributed by atoms with Crippen molar-refractivity contribution >= 4 is 17.5 Å². The third-order valence-electron chi connectivity index (χ3n) is 2.15. The molecule has 92 valence electrons. The van der Waals surface area contributed by atoms with Gasteiger partial charge in [-0.15, -0.1) is 0 Å². The van der Waals surface area contributed by atoms with Gasteiger partial charge in [0.1, 0.15) is 0 Å². The molecule has 2 N–H and O–H groups in total. The topological polar surface area (TPSA) is 79.8 Å². The molecule has 0 aliphatic carbocycles. The second-order valence-electron chi connectivity index (χ2n) is 3.54. The normalized spacial score (nSPS) is 9.78. The third kappa shape index (κ3) is 3.82. The summed E-state index contributed by atoms with van der Waals surface area (Å²) in [5.41, 5.74) is 0.693. The van der Waals surface area contributed by atoms with Crippen molar-refractivity contribution in [2.45, 2.75) is 6.42 Å². The summed E-state index contributed by atoms with van der Waals surface area (Å²) in [6, 6.07) is 5.30. The van der Waals surface area contributed by atoms with E-state index in [0.29, 0.717) is 24.6 Å². The summed E-state index contributed by atoms with van der Waals surface area (Å²) in [5, 5.41) is 5.71. The van der Waals surface area contributed by atoms with Crippen molar-refractivity contribution in [2.75, 3.05) is 17.2 Å². The molecule has 0 aromatic carbocycles. The van der Waals surface area contributed by atoms with Crippen LogP contribution in [0, 0.1) is 0 Å². The number of aromatic nitrogens is 3. The Morgan fingerprint density at radius 3 is 2.72 bits per heavy atom. The number of carbonyl (C=O) groups is 1. The number of anilines is 2. The molecule has 1 amide bonds. The monoisotopic (exact) mass is 243 g/mol. The fourth-order valence-electron chi connectivity index (χ4n) is 1.34. The van der Waals surface area contributed by atoms with Crippen molar-refractivity contribution in [1.29, 1.82) is 0 Å². The Morgan fingerprint density at radius 1 is 1.17 bits per heavy atom. The van der Waals surface area contributed by atoms with Crippen LogP contribution in [0.3, 0.4) is 0 Å². The quantitative estimate of drug-likeness (QED) is 0.827. The molecule has 0 atom stereocenters. The summed E-state index contributed by atoms with van der Waals surface area (Å²) in [5.74, 6) is 0.443.